The zero-order valence-corrected chi connectivity index (χ0v) is 12.1. The van der Waals surface area contributed by atoms with E-state index in [1.165, 1.54) is 18.2 Å². The molecule has 0 aliphatic carbocycles. The Morgan fingerprint density at radius 1 is 1.52 bits per heavy atom. The summed E-state index contributed by atoms with van der Waals surface area (Å²) in [6.45, 7) is 5.18. The number of alkyl carbamates (subject to hydrolysis) is 1. The van der Waals surface area contributed by atoms with Gasteiger partial charge in [-0.15, -0.1) is 0 Å². The van der Waals surface area contributed by atoms with Crippen LogP contribution in [0.1, 0.15) is 32.4 Å². The van der Waals surface area contributed by atoms with Crippen LogP contribution in [0.15, 0.2) is 18.2 Å². The number of nitro benzene ring substituents is 1. The van der Waals surface area contributed by atoms with Gasteiger partial charge in [-0.2, -0.15) is 0 Å². The number of nitro groups is 1. The first-order valence-electron chi connectivity index (χ1n) is 6.31. The van der Waals surface area contributed by atoms with Gasteiger partial charge >= 0.3 is 11.8 Å². The van der Waals surface area contributed by atoms with Crippen molar-refractivity contribution in [3.05, 3.63) is 33.9 Å². The predicted octanol–water partition coefficient (Wildman–Crippen LogP) is 1.82. The monoisotopic (exact) mass is 297 g/mol. The molecule has 1 aromatic rings. The lowest BCUT2D eigenvalue weighted by Crippen LogP contribution is -2.37. The molecule has 8 nitrogen and oxygen atoms in total. The van der Waals surface area contributed by atoms with Crippen LogP contribution in [0.4, 0.5) is 10.5 Å². The SMILES string of the molecule is CC(C)(C)OC(=O)NC(CN)c1ccc(O)c([N+](=O)[O-])c1. The minimum Gasteiger partial charge on any atom is -0.502 e. The van der Waals surface area contributed by atoms with Gasteiger partial charge in [-0.1, -0.05) is 6.07 Å². The number of nitrogens with two attached hydrogens (primary N) is 1. The second-order valence-electron chi connectivity index (χ2n) is 5.44. The van der Waals surface area contributed by atoms with Crippen molar-refractivity contribution in [3.8, 4) is 5.75 Å². The van der Waals surface area contributed by atoms with Gasteiger partial charge in [0.05, 0.1) is 11.0 Å². The zero-order chi connectivity index (χ0) is 16.2. The number of phenolic OH excluding ortho intramolecular Hbond substituents is 1. The predicted molar refractivity (Wildman–Crippen MR) is 75.9 cm³/mol. The van der Waals surface area contributed by atoms with Crippen molar-refractivity contribution in [1.29, 1.82) is 0 Å². The Morgan fingerprint density at radius 3 is 2.62 bits per heavy atom. The molecule has 0 saturated heterocycles. The fraction of sp³-hybridized carbons (Fsp3) is 0.462. The number of carbonyl (C=O) groups is 1. The Labute approximate surface area is 122 Å². The number of aromatic hydroxyl groups is 1. The topological polar surface area (TPSA) is 128 Å². The van der Waals surface area contributed by atoms with Crippen LogP contribution in [0.5, 0.6) is 5.75 Å². The van der Waals surface area contributed by atoms with Gasteiger partial charge in [0.2, 0.25) is 0 Å². The van der Waals surface area contributed by atoms with Crippen LogP contribution in [0.25, 0.3) is 0 Å². The van der Waals surface area contributed by atoms with Crippen molar-refractivity contribution in [2.24, 2.45) is 5.73 Å². The number of carbonyl (C=O) groups excluding carboxylic acids is 1. The summed E-state index contributed by atoms with van der Waals surface area (Å²) in [5.41, 5.74) is 4.88. The molecule has 1 atom stereocenters. The van der Waals surface area contributed by atoms with E-state index in [4.69, 9.17) is 10.5 Å². The van der Waals surface area contributed by atoms with E-state index in [0.717, 1.165) is 0 Å². The first kappa shape index (κ1) is 16.7. The summed E-state index contributed by atoms with van der Waals surface area (Å²) in [5.74, 6) is -0.447. The molecule has 1 aromatic carbocycles. The highest BCUT2D eigenvalue weighted by atomic mass is 16.6. The quantitative estimate of drug-likeness (QED) is 0.574. The maximum Gasteiger partial charge on any atom is 0.408 e. The van der Waals surface area contributed by atoms with Gasteiger partial charge in [0, 0.05) is 12.6 Å². The highest BCUT2D eigenvalue weighted by molar-refractivity contribution is 5.68. The van der Waals surface area contributed by atoms with Crippen molar-refractivity contribution < 1.29 is 19.6 Å². The number of phenols is 1. The molecule has 0 bridgehead atoms. The van der Waals surface area contributed by atoms with Gasteiger partial charge in [0.1, 0.15) is 5.60 Å². The molecular weight excluding hydrogens is 278 g/mol. The Morgan fingerprint density at radius 2 is 2.14 bits per heavy atom. The van der Waals surface area contributed by atoms with Crippen molar-refractivity contribution in [2.45, 2.75) is 32.4 Å². The van der Waals surface area contributed by atoms with Gasteiger partial charge in [0.15, 0.2) is 5.75 Å². The van der Waals surface area contributed by atoms with E-state index in [-0.39, 0.29) is 6.54 Å². The highest BCUT2D eigenvalue weighted by Gasteiger charge is 2.22. The van der Waals surface area contributed by atoms with E-state index in [1.807, 2.05) is 0 Å². The first-order valence-corrected chi connectivity index (χ1v) is 6.31. The number of nitrogens with one attached hydrogen (secondary N) is 1. The van der Waals surface area contributed by atoms with E-state index in [2.05, 4.69) is 5.32 Å². The third-order valence-electron chi connectivity index (χ3n) is 2.53. The number of ether oxygens (including phenoxy) is 1. The third-order valence-corrected chi connectivity index (χ3v) is 2.53. The number of hydrogen-bond acceptors (Lipinski definition) is 6. The van der Waals surface area contributed by atoms with Gasteiger partial charge in [0.25, 0.3) is 0 Å². The average molecular weight is 297 g/mol. The molecule has 0 radical (unpaired) electrons. The number of rotatable bonds is 4. The zero-order valence-electron chi connectivity index (χ0n) is 12.1. The maximum atomic E-state index is 11.7. The maximum absolute atomic E-state index is 11.7. The van der Waals surface area contributed by atoms with Crippen LogP contribution in [0.2, 0.25) is 0 Å². The molecule has 0 fully saturated rings. The second-order valence-corrected chi connectivity index (χ2v) is 5.44. The normalized spacial score (nSPS) is 12.6. The van der Waals surface area contributed by atoms with Crippen LogP contribution >= 0.6 is 0 Å². The molecule has 116 valence electrons. The molecule has 4 N–H and O–H groups in total. The van der Waals surface area contributed by atoms with E-state index in [1.54, 1.807) is 20.8 Å². The van der Waals surface area contributed by atoms with Crippen LogP contribution < -0.4 is 11.1 Å². The molecule has 0 spiro atoms. The summed E-state index contributed by atoms with van der Waals surface area (Å²) >= 11 is 0. The molecule has 0 heterocycles. The molecule has 1 amide bonds. The molecule has 0 aliphatic rings. The number of nitrogens with zero attached hydrogens (tertiary/aromatic N) is 1. The van der Waals surface area contributed by atoms with E-state index >= 15 is 0 Å². The fourth-order valence-electron chi connectivity index (χ4n) is 1.63. The number of hydrogen-bond donors (Lipinski definition) is 3. The minimum absolute atomic E-state index is 0.0289. The molecular formula is C13H19N3O5. The van der Waals surface area contributed by atoms with Crippen LogP contribution in [-0.4, -0.2) is 28.3 Å². The van der Waals surface area contributed by atoms with Gasteiger partial charge in [-0.3, -0.25) is 10.1 Å². The first-order chi connectivity index (χ1) is 9.64. The summed E-state index contributed by atoms with van der Waals surface area (Å²) in [6.07, 6.45) is -0.673. The molecule has 8 heteroatoms. The number of benzene rings is 1. The van der Waals surface area contributed by atoms with Crippen LogP contribution in [0.3, 0.4) is 0 Å². The lowest BCUT2D eigenvalue weighted by Gasteiger charge is -2.23. The smallest absolute Gasteiger partial charge is 0.408 e. The molecule has 1 rings (SSSR count). The minimum atomic E-state index is -0.708. The fourth-order valence-corrected chi connectivity index (χ4v) is 1.63. The summed E-state index contributed by atoms with van der Waals surface area (Å²) in [6, 6.07) is 3.16. The van der Waals surface area contributed by atoms with Crippen molar-refractivity contribution in [2.75, 3.05) is 6.54 Å². The Kier molecular flexibility index (Phi) is 5.09. The van der Waals surface area contributed by atoms with Crippen LogP contribution in [0, 0.1) is 10.1 Å². The lowest BCUT2D eigenvalue weighted by molar-refractivity contribution is -0.385. The van der Waals surface area contributed by atoms with Crippen molar-refractivity contribution in [3.63, 3.8) is 0 Å². The summed E-state index contributed by atoms with van der Waals surface area (Å²) in [5, 5.41) is 22.7. The standard InChI is InChI=1S/C13H19N3O5/c1-13(2,3)21-12(18)15-9(7-14)8-4-5-11(17)10(6-8)16(19)20/h4-6,9,17H,7,14H2,1-3H3,(H,15,18). The molecule has 0 aromatic heterocycles. The summed E-state index contributed by atoms with van der Waals surface area (Å²) in [7, 11) is 0. The summed E-state index contributed by atoms with van der Waals surface area (Å²) < 4.78 is 5.10. The third kappa shape index (κ3) is 4.92. The van der Waals surface area contributed by atoms with Gasteiger partial charge in [-0.05, 0) is 32.4 Å². The largest absolute Gasteiger partial charge is 0.502 e. The van der Waals surface area contributed by atoms with Crippen molar-refractivity contribution in [1.82, 2.24) is 5.32 Å². The Hall–Kier alpha value is -2.35. The molecule has 21 heavy (non-hydrogen) atoms. The Bertz CT molecular complexity index is 539. The van der Waals surface area contributed by atoms with E-state index in [9.17, 15) is 20.0 Å². The Balaban J connectivity index is 2.93. The second kappa shape index (κ2) is 6.40. The molecule has 0 aliphatic heterocycles. The van der Waals surface area contributed by atoms with Gasteiger partial charge < -0.3 is 20.9 Å². The van der Waals surface area contributed by atoms with Crippen LogP contribution in [-0.2, 0) is 4.74 Å². The van der Waals surface area contributed by atoms with Crippen molar-refractivity contribution >= 4 is 11.8 Å². The number of amides is 1. The lowest BCUT2D eigenvalue weighted by atomic mass is 10.1. The average Bonchev–Trinajstić information content (AvgIpc) is 2.34. The van der Waals surface area contributed by atoms with E-state index < -0.39 is 34.1 Å². The highest BCUT2D eigenvalue weighted by Crippen LogP contribution is 2.28. The molecule has 1 unspecified atom stereocenters. The van der Waals surface area contributed by atoms with Gasteiger partial charge in [-0.25, -0.2) is 4.79 Å². The molecule has 0 saturated carbocycles. The van der Waals surface area contributed by atoms with E-state index in [0.29, 0.717) is 5.56 Å². The summed E-state index contributed by atoms with van der Waals surface area (Å²) in [4.78, 5) is 21.8.